The summed E-state index contributed by atoms with van der Waals surface area (Å²) in [4.78, 5) is 2.33. The molecule has 156 valence electrons. The Bertz CT molecular complexity index is 787. The first-order chi connectivity index (χ1) is 14.0. The van der Waals surface area contributed by atoms with Crippen molar-refractivity contribution in [3.63, 3.8) is 0 Å². The zero-order chi connectivity index (χ0) is 21.1. The van der Waals surface area contributed by atoms with Crippen molar-refractivity contribution >= 4 is 17.8 Å². The van der Waals surface area contributed by atoms with Crippen molar-refractivity contribution in [2.24, 2.45) is 0 Å². The van der Waals surface area contributed by atoms with Gasteiger partial charge in [0.2, 0.25) is 0 Å². The standard InChI is InChI=1S/C26H35NO2/c1-5-27(6-2)24-17-16-23(26(20-24)29-21(3)4)13-11-9-7-8-10-12-22-14-18-25(28)19-15-22/h10-21,28H,5-9H2,1-4H3/b12-10+,13-11+. The van der Waals surface area contributed by atoms with Gasteiger partial charge in [0.05, 0.1) is 6.10 Å². The molecule has 0 aromatic heterocycles. The molecule has 0 fully saturated rings. The third-order valence-electron chi connectivity index (χ3n) is 4.73. The van der Waals surface area contributed by atoms with Crippen LogP contribution in [-0.4, -0.2) is 24.3 Å². The molecule has 0 amide bonds. The van der Waals surface area contributed by atoms with E-state index in [0.29, 0.717) is 5.75 Å². The van der Waals surface area contributed by atoms with E-state index < -0.39 is 0 Å². The highest BCUT2D eigenvalue weighted by molar-refractivity contribution is 5.63. The van der Waals surface area contributed by atoms with Crippen LogP contribution in [0.5, 0.6) is 11.5 Å². The summed E-state index contributed by atoms with van der Waals surface area (Å²) in [6.45, 7) is 10.5. The van der Waals surface area contributed by atoms with Crippen LogP contribution in [0.1, 0.15) is 58.1 Å². The van der Waals surface area contributed by atoms with Gasteiger partial charge in [0, 0.05) is 30.4 Å². The van der Waals surface area contributed by atoms with Crippen LogP contribution in [0.4, 0.5) is 5.69 Å². The molecule has 0 unspecified atom stereocenters. The van der Waals surface area contributed by atoms with Crippen LogP contribution in [0.15, 0.2) is 54.6 Å². The van der Waals surface area contributed by atoms with Gasteiger partial charge in [-0.3, -0.25) is 0 Å². The Hall–Kier alpha value is -2.68. The lowest BCUT2D eigenvalue weighted by Gasteiger charge is -2.23. The van der Waals surface area contributed by atoms with Gasteiger partial charge in [0.25, 0.3) is 0 Å². The number of aromatic hydroxyl groups is 1. The summed E-state index contributed by atoms with van der Waals surface area (Å²) >= 11 is 0. The van der Waals surface area contributed by atoms with Crippen LogP contribution in [0.3, 0.4) is 0 Å². The van der Waals surface area contributed by atoms with Gasteiger partial charge in [-0.1, -0.05) is 36.4 Å². The normalized spacial score (nSPS) is 11.6. The van der Waals surface area contributed by atoms with Gasteiger partial charge in [-0.05, 0) is 76.8 Å². The Morgan fingerprint density at radius 1 is 0.931 bits per heavy atom. The first-order valence-corrected chi connectivity index (χ1v) is 10.7. The van der Waals surface area contributed by atoms with Crippen LogP contribution in [-0.2, 0) is 0 Å². The molecule has 0 saturated heterocycles. The van der Waals surface area contributed by atoms with Gasteiger partial charge in [-0.25, -0.2) is 0 Å². The molecule has 2 rings (SSSR count). The number of phenolic OH excluding ortho intramolecular Hbond substituents is 1. The summed E-state index contributed by atoms with van der Waals surface area (Å²) < 4.78 is 6.07. The van der Waals surface area contributed by atoms with E-state index in [9.17, 15) is 5.11 Å². The van der Waals surface area contributed by atoms with E-state index in [4.69, 9.17) is 4.74 Å². The Morgan fingerprint density at radius 3 is 2.21 bits per heavy atom. The number of rotatable bonds is 11. The fourth-order valence-electron chi connectivity index (χ4n) is 3.17. The van der Waals surface area contributed by atoms with Gasteiger partial charge in [-0.15, -0.1) is 0 Å². The van der Waals surface area contributed by atoms with Crippen LogP contribution in [0.2, 0.25) is 0 Å². The topological polar surface area (TPSA) is 32.7 Å². The van der Waals surface area contributed by atoms with Crippen molar-refractivity contribution in [3.8, 4) is 11.5 Å². The number of anilines is 1. The molecule has 1 N–H and O–H groups in total. The van der Waals surface area contributed by atoms with Crippen LogP contribution in [0.25, 0.3) is 12.2 Å². The second kappa shape index (κ2) is 12.0. The molecular formula is C26H35NO2. The smallest absolute Gasteiger partial charge is 0.128 e. The molecule has 0 atom stereocenters. The summed E-state index contributed by atoms with van der Waals surface area (Å²) in [6, 6.07) is 13.8. The Balaban J connectivity index is 1.91. The number of ether oxygens (including phenoxy) is 1. The number of phenols is 1. The Labute approximate surface area is 176 Å². The average molecular weight is 394 g/mol. The van der Waals surface area contributed by atoms with Crippen molar-refractivity contribution in [2.45, 2.75) is 53.1 Å². The van der Waals surface area contributed by atoms with Gasteiger partial charge in [0.15, 0.2) is 0 Å². The number of allylic oxidation sites excluding steroid dienone is 2. The Kier molecular flexibility index (Phi) is 9.36. The quantitative estimate of drug-likeness (QED) is 0.420. The highest BCUT2D eigenvalue weighted by Gasteiger charge is 2.08. The molecule has 3 heteroatoms. The maximum absolute atomic E-state index is 9.31. The minimum absolute atomic E-state index is 0.152. The van der Waals surface area contributed by atoms with Crippen molar-refractivity contribution < 1.29 is 9.84 Å². The van der Waals surface area contributed by atoms with Gasteiger partial charge >= 0.3 is 0 Å². The van der Waals surface area contributed by atoms with E-state index in [1.54, 1.807) is 12.1 Å². The molecule has 2 aromatic carbocycles. The predicted octanol–water partition coefficient (Wildman–Crippen LogP) is 6.92. The molecule has 0 bridgehead atoms. The van der Waals surface area contributed by atoms with Gasteiger partial charge in [0.1, 0.15) is 11.5 Å². The van der Waals surface area contributed by atoms with Crippen LogP contribution in [0, 0.1) is 0 Å². The SMILES string of the molecule is CCN(CC)c1ccc(/C=C/CCC/C=C/c2ccc(O)cc2)c(OC(C)C)c1. The maximum atomic E-state index is 9.31. The third kappa shape index (κ3) is 7.69. The fourth-order valence-corrected chi connectivity index (χ4v) is 3.17. The van der Waals surface area contributed by atoms with Gasteiger partial charge < -0.3 is 14.7 Å². The minimum atomic E-state index is 0.152. The highest BCUT2D eigenvalue weighted by Crippen LogP contribution is 2.28. The molecule has 0 heterocycles. The fraction of sp³-hybridized carbons (Fsp3) is 0.385. The van der Waals surface area contributed by atoms with E-state index in [1.165, 1.54) is 5.69 Å². The van der Waals surface area contributed by atoms with E-state index >= 15 is 0 Å². The predicted molar refractivity (Wildman–Crippen MR) is 126 cm³/mol. The van der Waals surface area contributed by atoms with Crippen LogP contribution >= 0.6 is 0 Å². The van der Waals surface area contributed by atoms with Gasteiger partial charge in [-0.2, -0.15) is 0 Å². The number of nitrogens with zero attached hydrogens (tertiary/aromatic N) is 1. The average Bonchev–Trinajstić information content (AvgIpc) is 2.70. The van der Waals surface area contributed by atoms with E-state index in [0.717, 1.165) is 49.2 Å². The van der Waals surface area contributed by atoms with E-state index in [2.05, 4.69) is 75.1 Å². The summed E-state index contributed by atoms with van der Waals surface area (Å²) in [7, 11) is 0. The lowest BCUT2D eigenvalue weighted by Crippen LogP contribution is -2.21. The summed E-state index contributed by atoms with van der Waals surface area (Å²) in [5, 5.41) is 9.31. The Morgan fingerprint density at radius 2 is 1.59 bits per heavy atom. The second-order valence-corrected chi connectivity index (χ2v) is 7.39. The highest BCUT2D eigenvalue weighted by atomic mass is 16.5. The number of benzene rings is 2. The first-order valence-electron chi connectivity index (χ1n) is 10.7. The van der Waals surface area contributed by atoms with Crippen molar-refractivity contribution in [2.75, 3.05) is 18.0 Å². The molecule has 0 spiro atoms. The molecule has 0 saturated carbocycles. The van der Waals surface area contributed by atoms with Crippen LogP contribution < -0.4 is 9.64 Å². The molecule has 0 aliphatic heterocycles. The lowest BCUT2D eigenvalue weighted by molar-refractivity contribution is 0.242. The summed E-state index contributed by atoms with van der Waals surface area (Å²) in [5.41, 5.74) is 3.46. The zero-order valence-corrected chi connectivity index (χ0v) is 18.3. The van der Waals surface area contributed by atoms with Crippen molar-refractivity contribution in [3.05, 3.63) is 65.7 Å². The maximum Gasteiger partial charge on any atom is 0.128 e. The zero-order valence-electron chi connectivity index (χ0n) is 18.3. The molecule has 0 aliphatic rings. The number of unbranched alkanes of at least 4 members (excludes halogenated alkanes) is 2. The van der Waals surface area contributed by atoms with E-state index in [-0.39, 0.29) is 6.10 Å². The third-order valence-corrected chi connectivity index (χ3v) is 4.73. The largest absolute Gasteiger partial charge is 0.508 e. The molecule has 3 nitrogen and oxygen atoms in total. The molecule has 2 aromatic rings. The molecule has 0 radical (unpaired) electrons. The summed E-state index contributed by atoms with van der Waals surface area (Å²) in [6.07, 6.45) is 12.0. The van der Waals surface area contributed by atoms with E-state index in [1.807, 2.05) is 12.1 Å². The molecular weight excluding hydrogens is 358 g/mol. The number of hydrogen-bond acceptors (Lipinski definition) is 3. The van der Waals surface area contributed by atoms with Crippen molar-refractivity contribution in [1.82, 2.24) is 0 Å². The minimum Gasteiger partial charge on any atom is -0.508 e. The molecule has 0 aliphatic carbocycles. The second-order valence-electron chi connectivity index (χ2n) is 7.39. The first kappa shape index (κ1) is 22.6. The lowest BCUT2D eigenvalue weighted by atomic mass is 10.1. The molecule has 29 heavy (non-hydrogen) atoms. The monoisotopic (exact) mass is 393 g/mol. The van der Waals surface area contributed by atoms with Crippen molar-refractivity contribution in [1.29, 1.82) is 0 Å². The summed E-state index contributed by atoms with van der Waals surface area (Å²) in [5.74, 6) is 1.26. The number of hydrogen-bond donors (Lipinski definition) is 1.